The SMILES string of the molecule is N#Cc1nccnc1OC1CCN(C(=O)Cc2ccc(C(F)(F)F)cc2)C1. The lowest BCUT2D eigenvalue weighted by Gasteiger charge is -2.17. The molecular formula is C18H15F3N4O2. The van der Waals surface area contributed by atoms with Crippen molar-refractivity contribution < 1.29 is 22.7 Å². The van der Waals surface area contributed by atoms with Gasteiger partial charge in [-0.3, -0.25) is 4.79 Å². The lowest BCUT2D eigenvalue weighted by Crippen LogP contribution is -2.32. The van der Waals surface area contributed by atoms with Crippen molar-refractivity contribution in [3.05, 3.63) is 53.5 Å². The minimum atomic E-state index is -4.40. The van der Waals surface area contributed by atoms with E-state index in [9.17, 15) is 18.0 Å². The van der Waals surface area contributed by atoms with Gasteiger partial charge in [0.2, 0.25) is 11.6 Å². The number of aromatic nitrogens is 2. The van der Waals surface area contributed by atoms with Crippen LogP contribution >= 0.6 is 0 Å². The smallest absolute Gasteiger partial charge is 0.416 e. The van der Waals surface area contributed by atoms with Gasteiger partial charge >= 0.3 is 6.18 Å². The van der Waals surface area contributed by atoms with Gasteiger partial charge in [-0.25, -0.2) is 9.97 Å². The summed E-state index contributed by atoms with van der Waals surface area (Å²) in [6.45, 7) is 0.785. The van der Waals surface area contributed by atoms with Crippen LogP contribution in [0.2, 0.25) is 0 Å². The first-order valence-corrected chi connectivity index (χ1v) is 8.18. The van der Waals surface area contributed by atoms with Gasteiger partial charge in [-0.15, -0.1) is 0 Å². The third-order valence-corrected chi connectivity index (χ3v) is 4.18. The topological polar surface area (TPSA) is 79.1 Å². The van der Waals surface area contributed by atoms with Gasteiger partial charge in [0.1, 0.15) is 12.2 Å². The molecule has 6 nitrogen and oxygen atoms in total. The molecule has 1 atom stereocenters. The van der Waals surface area contributed by atoms with Crippen molar-refractivity contribution in [3.8, 4) is 11.9 Å². The molecule has 1 fully saturated rings. The van der Waals surface area contributed by atoms with E-state index in [0.29, 0.717) is 25.1 Å². The first kappa shape index (κ1) is 18.6. The number of benzene rings is 1. The van der Waals surface area contributed by atoms with Crippen molar-refractivity contribution in [2.75, 3.05) is 13.1 Å². The second-order valence-corrected chi connectivity index (χ2v) is 6.06. The standard InChI is InChI=1S/C18H15F3N4O2/c19-18(20,21)13-3-1-12(2-4-13)9-16(26)25-8-5-14(11-25)27-17-15(10-22)23-6-7-24-17/h1-4,6-7,14H,5,8-9,11H2. The maximum absolute atomic E-state index is 12.6. The number of alkyl halides is 3. The number of nitriles is 1. The minimum absolute atomic E-state index is 0.0133. The number of amides is 1. The molecule has 0 bridgehead atoms. The van der Waals surface area contributed by atoms with Gasteiger partial charge in [0.15, 0.2) is 0 Å². The summed E-state index contributed by atoms with van der Waals surface area (Å²) in [6.07, 6.45) is -1.33. The molecule has 1 aliphatic heterocycles. The maximum atomic E-state index is 12.6. The first-order valence-electron chi connectivity index (χ1n) is 8.18. The van der Waals surface area contributed by atoms with E-state index in [2.05, 4.69) is 9.97 Å². The highest BCUT2D eigenvalue weighted by Gasteiger charge is 2.31. The van der Waals surface area contributed by atoms with E-state index in [0.717, 1.165) is 12.1 Å². The predicted molar refractivity (Wildman–Crippen MR) is 87.5 cm³/mol. The van der Waals surface area contributed by atoms with E-state index in [4.69, 9.17) is 10.00 Å². The number of ether oxygens (including phenoxy) is 1. The third-order valence-electron chi connectivity index (χ3n) is 4.18. The number of hydrogen-bond donors (Lipinski definition) is 0. The molecule has 3 rings (SSSR count). The van der Waals surface area contributed by atoms with Crippen molar-refractivity contribution in [3.63, 3.8) is 0 Å². The van der Waals surface area contributed by atoms with Crippen LogP contribution in [0.1, 0.15) is 23.2 Å². The molecule has 1 saturated heterocycles. The van der Waals surface area contributed by atoms with Crippen molar-refractivity contribution in [2.24, 2.45) is 0 Å². The molecule has 9 heteroatoms. The van der Waals surface area contributed by atoms with E-state index >= 15 is 0 Å². The Morgan fingerprint density at radius 1 is 1.26 bits per heavy atom. The Kier molecular flexibility index (Phi) is 5.26. The monoisotopic (exact) mass is 376 g/mol. The molecule has 2 aromatic rings. The summed E-state index contributed by atoms with van der Waals surface area (Å²) in [6, 6.07) is 6.45. The van der Waals surface area contributed by atoms with Crippen molar-refractivity contribution in [1.82, 2.24) is 14.9 Å². The molecule has 140 valence electrons. The number of carbonyl (C=O) groups is 1. The third kappa shape index (κ3) is 4.53. The molecule has 1 amide bonds. The summed E-state index contributed by atoms with van der Waals surface area (Å²) in [5.74, 6) is -0.0671. The van der Waals surface area contributed by atoms with Gasteiger partial charge < -0.3 is 9.64 Å². The fraction of sp³-hybridized carbons (Fsp3) is 0.333. The fourth-order valence-electron chi connectivity index (χ4n) is 2.79. The van der Waals surface area contributed by atoms with Gasteiger partial charge in [-0.2, -0.15) is 18.4 Å². The van der Waals surface area contributed by atoms with Crippen LogP contribution < -0.4 is 4.74 Å². The number of nitrogens with zero attached hydrogens (tertiary/aromatic N) is 4. The molecule has 1 aromatic heterocycles. The zero-order valence-electron chi connectivity index (χ0n) is 14.1. The van der Waals surface area contributed by atoms with Crippen LogP contribution in [0.4, 0.5) is 13.2 Å². The predicted octanol–water partition coefficient (Wildman–Crippen LogP) is 2.59. The van der Waals surface area contributed by atoms with E-state index < -0.39 is 11.7 Å². The van der Waals surface area contributed by atoms with Crippen LogP contribution in [-0.2, 0) is 17.4 Å². The van der Waals surface area contributed by atoms with Gasteiger partial charge in [-0.1, -0.05) is 12.1 Å². The summed E-state index contributed by atoms with van der Waals surface area (Å²) in [5.41, 5.74) is -0.157. The van der Waals surface area contributed by atoms with Crippen LogP contribution in [-0.4, -0.2) is 40.0 Å². The molecule has 0 saturated carbocycles. The average Bonchev–Trinajstić information content (AvgIpc) is 3.10. The summed E-state index contributed by atoms with van der Waals surface area (Å²) in [4.78, 5) is 21.8. The summed E-state index contributed by atoms with van der Waals surface area (Å²) in [7, 11) is 0. The highest BCUT2D eigenvalue weighted by molar-refractivity contribution is 5.79. The number of halogens is 3. The number of carbonyl (C=O) groups excluding carboxylic acids is 1. The highest BCUT2D eigenvalue weighted by Crippen LogP contribution is 2.29. The molecule has 1 aliphatic rings. The Morgan fingerprint density at radius 2 is 1.96 bits per heavy atom. The van der Waals surface area contributed by atoms with Crippen LogP contribution in [0.25, 0.3) is 0 Å². The van der Waals surface area contributed by atoms with E-state index in [1.54, 1.807) is 4.90 Å². The minimum Gasteiger partial charge on any atom is -0.470 e. The van der Waals surface area contributed by atoms with Gasteiger partial charge in [-0.05, 0) is 17.7 Å². The number of hydrogen-bond acceptors (Lipinski definition) is 5. The molecule has 0 N–H and O–H groups in total. The Hall–Kier alpha value is -3.15. The fourth-order valence-corrected chi connectivity index (χ4v) is 2.79. The van der Waals surface area contributed by atoms with E-state index in [1.165, 1.54) is 24.5 Å². The lowest BCUT2D eigenvalue weighted by molar-refractivity contribution is -0.137. The lowest BCUT2D eigenvalue weighted by atomic mass is 10.1. The second kappa shape index (κ2) is 7.61. The zero-order chi connectivity index (χ0) is 19.4. The Morgan fingerprint density at radius 3 is 2.63 bits per heavy atom. The Balaban J connectivity index is 1.57. The Labute approximate surface area is 153 Å². The largest absolute Gasteiger partial charge is 0.470 e. The molecule has 2 heterocycles. The first-order chi connectivity index (χ1) is 12.9. The Bertz CT molecular complexity index is 862. The quantitative estimate of drug-likeness (QED) is 0.820. The van der Waals surface area contributed by atoms with Crippen LogP contribution in [0.5, 0.6) is 5.88 Å². The van der Waals surface area contributed by atoms with Gasteiger partial charge in [0.25, 0.3) is 5.88 Å². The average molecular weight is 376 g/mol. The van der Waals surface area contributed by atoms with Crippen LogP contribution in [0.3, 0.4) is 0 Å². The van der Waals surface area contributed by atoms with E-state index in [1.807, 2.05) is 6.07 Å². The molecule has 0 spiro atoms. The van der Waals surface area contributed by atoms with Crippen LogP contribution in [0.15, 0.2) is 36.7 Å². The molecule has 27 heavy (non-hydrogen) atoms. The number of rotatable bonds is 4. The van der Waals surface area contributed by atoms with Crippen molar-refractivity contribution >= 4 is 5.91 Å². The molecule has 1 aromatic carbocycles. The van der Waals surface area contributed by atoms with Gasteiger partial charge in [0.05, 0.1) is 18.5 Å². The molecular weight excluding hydrogens is 361 g/mol. The molecule has 1 unspecified atom stereocenters. The second-order valence-electron chi connectivity index (χ2n) is 6.06. The summed E-state index contributed by atoms with van der Waals surface area (Å²) < 4.78 is 43.4. The summed E-state index contributed by atoms with van der Waals surface area (Å²) in [5, 5.41) is 9.00. The number of likely N-dealkylation sites (tertiary alicyclic amines) is 1. The summed E-state index contributed by atoms with van der Waals surface area (Å²) >= 11 is 0. The van der Waals surface area contributed by atoms with E-state index in [-0.39, 0.29) is 30.0 Å². The normalized spacial score (nSPS) is 16.8. The van der Waals surface area contributed by atoms with Crippen LogP contribution in [0, 0.1) is 11.3 Å². The zero-order valence-corrected chi connectivity index (χ0v) is 14.1. The molecule has 0 aliphatic carbocycles. The maximum Gasteiger partial charge on any atom is 0.416 e. The molecule has 0 radical (unpaired) electrons. The van der Waals surface area contributed by atoms with Gasteiger partial charge in [0, 0.05) is 25.4 Å². The van der Waals surface area contributed by atoms with Crippen molar-refractivity contribution in [1.29, 1.82) is 5.26 Å². The highest BCUT2D eigenvalue weighted by atomic mass is 19.4. The van der Waals surface area contributed by atoms with Crippen molar-refractivity contribution in [2.45, 2.75) is 25.1 Å².